The number of hydrogen-bond acceptors (Lipinski definition) is 1. The summed E-state index contributed by atoms with van der Waals surface area (Å²) in [5.74, 6) is 0.216. The maximum absolute atomic E-state index is 11.6. The Hall–Kier alpha value is -0.730. The van der Waals surface area contributed by atoms with Gasteiger partial charge >= 0.3 is 5.97 Å². The zero-order valence-electron chi connectivity index (χ0n) is 10.4. The van der Waals surface area contributed by atoms with Crippen molar-refractivity contribution in [1.82, 2.24) is 0 Å². The van der Waals surface area contributed by atoms with E-state index in [1.54, 1.807) is 18.2 Å². The van der Waals surface area contributed by atoms with Crippen LogP contribution in [0.4, 0.5) is 0 Å². The summed E-state index contributed by atoms with van der Waals surface area (Å²) < 4.78 is 0. The molecule has 0 spiro atoms. The monoisotopic (exact) mass is 286 g/mol. The molecule has 0 heterocycles. The molecule has 0 aliphatic heterocycles. The summed E-state index contributed by atoms with van der Waals surface area (Å²) in [6.45, 7) is 4.26. The van der Waals surface area contributed by atoms with Crippen LogP contribution >= 0.6 is 23.2 Å². The normalized spacial score (nSPS) is 27.1. The second kappa shape index (κ2) is 4.75. The van der Waals surface area contributed by atoms with Crippen LogP contribution in [-0.2, 0) is 10.2 Å². The minimum Gasteiger partial charge on any atom is -0.481 e. The first kappa shape index (κ1) is 13.7. The first-order valence-corrected chi connectivity index (χ1v) is 6.81. The Morgan fingerprint density at radius 3 is 2.39 bits per heavy atom. The van der Waals surface area contributed by atoms with E-state index in [0.29, 0.717) is 34.7 Å². The van der Waals surface area contributed by atoms with E-state index in [2.05, 4.69) is 13.8 Å². The summed E-state index contributed by atoms with van der Waals surface area (Å²) in [6, 6.07) is 5.14. The molecule has 1 fully saturated rings. The molecule has 1 aromatic carbocycles. The van der Waals surface area contributed by atoms with Crippen LogP contribution in [-0.4, -0.2) is 11.1 Å². The Kier molecular flexibility index (Phi) is 3.61. The van der Waals surface area contributed by atoms with Gasteiger partial charge < -0.3 is 5.11 Å². The highest BCUT2D eigenvalue weighted by atomic mass is 35.5. The van der Waals surface area contributed by atoms with Gasteiger partial charge in [-0.1, -0.05) is 43.1 Å². The molecule has 0 unspecified atom stereocenters. The van der Waals surface area contributed by atoms with Crippen LogP contribution < -0.4 is 0 Å². The molecular weight excluding hydrogens is 271 g/mol. The van der Waals surface area contributed by atoms with Gasteiger partial charge in [0.2, 0.25) is 0 Å². The Morgan fingerprint density at radius 2 is 1.94 bits per heavy atom. The number of benzene rings is 1. The molecule has 2 nitrogen and oxygen atoms in total. The maximum Gasteiger partial charge on any atom is 0.314 e. The van der Waals surface area contributed by atoms with Crippen molar-refractivity contribution >= 4 is 29.2 Å². The Bertz CT molecular complexity index is 477. The van der Waals surface area contributed by atoms with Gasteiger partial charge in [-0.15, -0.1) is 0 Å². The van der Waals surface area contributed by atoms with Crippen LogP contribution in [0.3, 0.4) is 0 Å². The van der Waals surface area contributed by atoms with Crippen LogP contribution in [0.2, 0.25) is 10.0 Å². The standard InChI is InChI=1S/C14H16Cl2O2/c1-8(2)9-6-14(7-9,13(17)18)10-3-4-11(15)12(16)5-10/h3-5,8-9H,6-7H2,1-2H3,(H,17,18). The molecule has 2 rings (SSSR count). The molecule has 1 aliphatic rings. The third-order valence-electron chi connectivity index (χ3n) is 4.05. The van der Waals surface area contributed by atoms with Gasteiger partial charge in [-0.2, -0.15) is 0 Å². The smallest absolute Gasteiger partial charge is 0.314 e. The lowest BCUT2D eigenvalue weighted by Gasteiger charge is -2.46. The molecule has 1 aliphatic carbocycles. The average molecular weight is 287 g/mol. The quantitative estimate of drug-likeness (QED) is 0.895. The lowest BCUT2D eigenvalue weighted by molar-refractivity contribution is -0.150. The Morgan fingerprint density at radius 1 is 1.33 bits per heavy atom. The van der Waals surface area contributed by atoms with Crippen molar-refractivity contribution in [3.63, 3.8) is 0 Å². The fourth-order valence-electron chi connectivity index (χ4n) is 2.63. The van der Waals surface area contributed by atoms with E-state index in [9.17, 15) is 9.90 Å². The van der Waals surface area contributed by atoms with Crippen LogP contribution in [0.1, 0.15) is 32.3 Å². The molecule has 0 saturated heterocycles. The lowest BCUT2D eigenvalue weighted by Crippen LogP contribution is -2.49. The largest absolute Gasteiger partial charge is 0.481 e. The number of halogens is 2. The summed E-state index contributed by atoms with van der Waals surface area (Å²) in [4.78, 5) is 11.6. The number of carboxylic acid groups (broad SMARTS) is 1. The van der Waals surface area contributed by atoms with Gasteiger partial charge in [0.15, 0.2) is 0 Å². The third kappa shape index (κ3) is 2.12. The van der Waals surface area contributed by atoms with Crippen molar-refractivity contribution in [3.8, 4) is 0 Å². The zero-order valence-corrected chi connectivity index (χ0v) is 11.9. The van der Waals surface area contributed by atoms with Gasteiger partial charge in [0, 0.05) is 0 Å². The fraction of sp³-hybridized carbons (Fsp3) is 0.500. The average Bonchev–Trinajstić information content (AvgIpc) is 2.20. The number of carbonyl (C=O) groups is 1. The van der Waals surface area contributed by atoms with E-state index in [1.807, 2.05) is 0 Å². The topological polar surface area (TPSA) is 37.3 Å². The third-order valence-corrected chi connectivity index (χ3v) is 4.78. The molecule has 4 heteroatoms. The number of hydrogen-bond donors (Lipinski definition) is 1. The molecule has 1 aromatic rings. The van der Waals surface area contributed by atoms with Gasteiger partial charge in [0.05, 0.1) is 15.5 Å². The van der Waals surface area contributed by atoms with E-state index in [1.165, 1.54) is 0 Å². The van der Waals surface area contributed by atoms with E-state index in [4.69, 9.17) is 23.2 Å². The molecule has 1 saturated carbocycles. The number of carboxylic acids is 1. The predicted octanol–water partition coefficient (Wildman–Crippen LogP) is 4.38. The molecule has 98 valence electrons. The highest BCUT2D eigenvalue weighted by Crippen LogP contribution is 2.51. The predicted molar refractivity (Wildman–Crippen MR) is 73.3 cm³/mol. The summed E-state index contributed by atoms with van der Waals surface area (Å²) in [7, 11) is 0. The van der Waals surface area contributed by atoms with Gasteiger partial charge in [-0.25, -0.2) is 0 Å². The van der Waals surface area contributed by atoms with Crippen molar-refractivity contribution in [3.05, 3.63) is 33.8 Å². The molecule has 1 N–H and O–H groups in total. The van der Waals surface area contributed by atoms with Gasteiger partial charge in [0.25, 0.3) is 0 Å². The molecule has 18 heavy (non-hydrogen) atoms. The highest BCUT2D eigenvalue weighted by Gasteiger charge is 2.52. The molecule has 0 radical (unpaired) electrons. The van der Waals surface area contributed by atoms with Gasteiger partial charge in [0.1, 0.15) is 0 Å². The SMILES string of the molecule is CC(C)C1CC(C(=O)O)(c2ccc(Cl)c(Cl)c2)C1. The van der Waals surface area contributed by atoms with E-state index < -0.39 is 11.4 Å². The van der Waals surface area contributed by atoms with E-state index in [0.717, 1.165) is 5.56 Å². The Labute approximate surface area is 117 Å². The molecule has 0 atom stereocenters. The summed E-state index contributed by atoms with van der Waals surface area (Å²) in [5, 5.41) is 10.4. The second-order valence-corrected chi connectivity index (χ2v) is 6.24. The van der Waals surface area contributed by atoms with E-state index in [-0.39, 0.29) is 0 Å². The van der Waals surface area contributed by atoms with Crippen molar-refractivity contribution in [2.24, 2.45) is 11.8 Å². The van der Waals surface area contributed by atoms with Gasteiger partial charge in [-0.05, 0) is 42.4 Å². The first-order valence-electron chi connectivity index (χ1n) is 6.06. The van der Waals surface area contributed by atoms with Crippen LogP contribution in [0, 0.1) is 11.8 Å². The van der Waals surface area contributed by atoms with Crippen LogP contribution in [0.15, 0.2) is 18.2 Å². The fourth-order valence-corrected chi connectivity index (χ4v) is 2.93. The number of rotatable bonds is 3. The van der Waals surface area contributed by atoms with Crippen molar-refractivity contribution in [1.29, 1.82) is 0 Å². The molecule has 0 aromatic heterocycles. The lowest BCUT2D eigenvalue weighted by atomic mass is 9.56. The Balaban J connectivity index is 2.33. The van der Waals surface area contributed by atoms with Crippen LogP contribution in [0.25, 0.3) is 0 Å². The maximum atomic E-state index is 11.6. The first-order chi connectivity index (χ1) is 8.36. The van der Waals surface area contributed by atoms with Crippen molar-refractivity contribution < 1.29 is 9.90 Å². The summed E-state index contributed by atoms with van der Waals surface area (Å²) in [6.07, 6.45) is 1.36. The molecule has 0 bridgehead atoms. The van der Waals surface area contributed by atoms with E-state index >= 15 is 0 Å². The minimum absolute atomic E-state index is 0.419. The highest BCUT2D eigenvalue weighted by molar-refractivity contribution is 6.42. The summed E-state index contributed by atoms with van der Waals surface area (Å²) >= 11 is 11.9. The second-order valence-electron chi connectivity index (χ2n) is 5.43. The molecule has 0 amide bonds. The summed E-state index contributed by atoms with van der Waals surface area (Å²) in [5.41, 5.74) is -0.00954. The van der Waals surface area contributed by atoms with Gasteiger partial charge in [-0.3, -0.25) is 4.79 Å². The van der Waals surface area contributed by atoms with Crippen LogP contribution in [0.5, 0.6) is 0 Å². The zero-order chi connectivity index (χ0) is 13.5. The van der Waals surface area contributed by atoms with Crippen molar-refractivity contribution in [2.75, 3.05) is 0 Å². The number of aliphatic carboxylic acids is 1. The van der Waals surface area contributed by atoms with Crippen molar-refractivity contribution in [2.45, 2.75) is 32.1 Å². The molecular formula is C14H16Cl2O2. The minimum atomic E-state index is -0.775.